The van der Waals surface area contributed by atoms with E-state index in [4.69, 9.17) is 0 Å². The van der Waals surface area contributed by atoms with E-state index < -0.39 is 36.9 Å². The van der Waals surface area contributed by atoms with E-state index in [1.807, 2.05) is 0 Å². The van der Waals surface area contributed by atoms with Crippen molar-refractivity contribution in [2.75, 3.05) is 6.61 Å². The van der Waals surface area contributed by atoms with Crippen LogP contribution in [0.5, 0.6) is 0 Å². The fourth-order valence-electron chi connectivity index (χ4n) is 8.75. The number of carbonyl (C=O) groups excluding carboxylic acids is 1. The van der Waals surface area contributed by atoms with Gasteiger partial charge in [-0.05, 0) is 64.2 Å². The lowest BCUT2D eigenvalue weighted by atomic mass is 10.00. The Morgan fingerprint density at radius 2 is 0.661 bits per heavy atom. The molecule has 0 aliphatic rings. The maximum atomic E-state index is 12.6. The van der Waals surface area contributed by atoms with Gasteiger partial charge in [0.2, 0.25) is 5.91 Å². The summed E-state index contributed by atoms with van der Waals surface area (Å²) in [6.07, 6.45) is 61.0. The van der Waals surface area contributed by atoms with Crippen LogP contribution in [-0.2, 0) is 4.79 Å². The van der Waals surface area contributed by atoms with Gasteiger partial charge in [-0.25, -0.2) is 0 Å². The highest BCUT2D eigenvalue weighted by atomic mass is 16.3. The predicted molar refractivity (Wildman–Crippen MR) is 270 cm³/mol. The van der Waals surface area contributed by atoms with E-state index in [1.54, 1.807) is 0 Å². The molecule has 0 saturated carbocycles. The number of allylic oxidation sites excluding steroid dienone is 4. The summed E-state index contributed by atoms with van der Waals surface area (Å²) in [7, 11) is 0. The Bertz CT molecular complexity index is 939. The summed E-state index contributed by atoms with van der Waals surface area (Å²) in [6, 6.07) is -1.00. The third-order valence-corrected chi connectivity index (χ3v) is 13.1. The van der Waals surface area contributed by atoms with Crippen molar-refractivity contribution < 1.29 is 25.2 Å². The molecule has 4 atom stereocenters. The lowest BCUT2D eigenvalue weighted by Gasteiger charge is -2.27. The second-order valence-corrected chi connectivity index (χ2v) is 19.3. The molecule has 0 aliphatic heterocycles. The molecular weight excluding hydrogens is 767 g/mol. The number of unbranched alkanes of at least 4 members (excludes halogenated alkanes) is 38. The van der Waals surface area contributed by atoms with Gasteiger partial charge in [0.25, 0.3) is 0 Å². The minimum Gasteiger partial charge on any atom is -0.394 e. The van der Waals surface area contributed by atoms with Gasteiger partial charge < -0.3 is 25.7 Å². The van der Waals surface area contributed by atoms with Crippen LogP contribution in [0.25, 0.3) is 0 Å². The summed E-state index contributed by atoms with van der Waals surface area (Å²) in [4.78, 5) is 12.6. The van der Waals surface area contributed by atoms with Crippen molar-refractivity contribution in [2.24, 2.45) is 0 Å². The number of carbonyl (C=O) groups is 1. The molecule has 0 aromatic heterocycles. The van der Waals surface area contributed by atoms with E-state index in [-0.39, 0.29) is 0 Å². The van der Waals surface area contributed by atoms with E-state index in [0.717, 1.165) is 38.5 Å². The standard InChI is InChI=1S/C56H109NO5/c1-3-5-7-9-11-13-15-17-19-21-23-24-25-26-27-28-29-30-31-32-34-36-38-40-42-44-46-48-50-54(60)56(62)57-52(51-58)55(61)53(59)49-47-45-43-41-39-37-35-33-22-20-18-16-14-12-10-8-6-4-2/h26-27,41,43,52-55,58-61H,3-25,28-40,42,44-51H2,1-2H3,(H,57,62)/b27-26-,43-41+. The molecule has 5 N–H and O–H groups in total. The lowest BCUT2D eigenvalue weighted by molar-refractivity contribution is -0.132. The molecule has 62 heavy (non-hydrogen) atoms. The number of aliphatic hydroxyl groups is 4. The van der Waals surface area contributed by atoms with Gasteiger partial charge in [-0.15, -0.1) is 0 Å². The van der Waals surface area contributed by atoms with Gasteiger partial charge in [0.1, 0.15) is 12.2 Å². The van der Waals surface area contributed by atoms with E-state index in [9.17, 15) is 25.2 Å². The molecule has 0 aromatic carbocycles. The molecule has 368 valence electrons. The van der Waals surface area contributed by atoms with Crippen molar-refractivity contribution in [3.05, 3.63) is 24.3 Å². The summed E-state index contributed by atoms with van der Waals surface area (Å²) >= 11 is 0. The molecule has 0 fully saturated rings. The molecule has 0 saturated heterocycles. The van der Waals surface area contributed by atoms with Crippen LogP contribution in [0, 0.1) is 0 Å². The summed E-state index contributed by atoms with van der Waals surface area (Å²) in [5, 5.41) is 43.9. The van der Waals surface area contributed by atoms with E-state index in [0.29, 0.717) is 12.8 Å². The van der Waals surface area contributed by atoms with Crippen molar-refractivity contribution in [3.8, 4) is 0 Å². The molecule has 0 radical (unpaired) electrons. The average Bonchev–Trinajstić information content (AvgIpc) is 3.28. The first kappa shape index (κ1) is 60.8. The molecule has 4 unspecified atom stereocenters. The third-order valence-electron chi connectivity index (χ3n) is 13.1. The molecule has 6 heteroatoms. The zero-order chi connectivity index (χ0) is 45.2. The minimum atomic E-state index is -1.28. The van der Waals surface area contributed by atoms with Gasteiger partial charge in [0.05, 0.1) is 18.8 Å². The zero-order valence-corrected chi connectivity index (χ0v) is 41.6. The first-order valence-corrected chi connectivity index (χ1v) is 27.7. The first-order valence-electron chi connectivity index (χ1n) is 27.7. The Morgan fingerprint density at radius 3 is 0.968 bits per heavy atom. The largest absolute Gasteiger partial charge is 0.394 e. The smallest absolute Gasteiger partial charge is 0.249 e. The Hall–Kier alpha value is -1.21. The van der Waals surface area contributed by atoms with Crippen molar-refractivity contribution in [1.82, 2.24) is 5.32 Å². The summed E-state index contributed by atoms with van der Waals surface area (Å²) in [5.41, 5.74) is 0. The lowest BCUT2D eigenvalue weighted by Crippen LogP contribution is -2.53. The number of aliphatic hydroxyl groups excluding tert-OH is 4. The van der Waals surface area contributed by atoms with Crippen LogP contribution in [0.2, 0.25) is 0 Å². The van der Waals surface area contributed by atoms with Gasteiger partial charge in [0.15, 0.2) is 0 Å². The van der Waals surface area contributed by atoms with Crippen LogP contribution in [0.15, 0.2) is 24.3 Å². The molecule has 1 amide bonds. The fraction of sp³-hybridized carbons (Fsp3) is 0.911. The van der Waals surface area contributed by atoms with Crippen molar-refractivity contribution in [1.29, 1.82) is 0 Å². The van der Waals surface area contributed by atoms with Crippen LogP contribution >= 0.6 is 0 Å². The van der Waals surface area contributed by atoms with Crippen LogP contribution in [0.1, 0.15) is 296 Å². The number of hydrogen-bond donors (Lipinski definition) is 5. The first-order chi connectivity index (χ1) is 30.5. The Labute approximate surface area is 386 Å². The highest BCUT2D eigenvalue weighted by Crippen LogP contribution is 2.17. The van der Waals surface area contributed by atoms with Crippen LogP contribution in [0.4, 0.5) is 0 Å². The summed E-state index contributed by atoms with van der Waals surface area (Å²) < 4.78 is 0. The van der Waals surface area contributed by atoms with Crippen molar-refractivity contribution in [2.45, 2.75) is 321 Å². The molecule has 6 nitrogen and oxygen atoms in total. The van der Waals surface area contributed by atoms with E-state index in [2.05, 4.69) is 43.5 Å². The van der Waals surface area contributed by atoms with Gasteiger partial charge in [-0.1, -0.05) is 256 Å². The Balaban J connectivity index is 3.63. The van der Waals surface area contributed by atoms with Gasteiger partial charge >= 0.3 is 0 Å². The molecular formula is C56H109NO5. The molecule has 0 spiro atoms. The minimum absolute atomic E-state index is 0.365. The second kappa shape index (κ2) is 50.8. The SMILES string of the molecule is CCCCCCCCCCCCCC/C=C\CCCCCCCCCCCCCCC(O)C(=O)NC(CO)C(O)C(O)CCC/C=C/CCCCCCCCCCCCCCC. The van der Waals surface area contributed by atoms with Crippen LogP contribution in [-0.4, -0.2) is 57.3 Å². The quantitative estimate of drug-likeness (QED) is 0.0309. The Morgan fingerprint density at radius 1 is 0.387 bits per heavy atom. The molecule has 0 bridgehead atoms. The van der Waals surface area contributed by atoms with Gasteiger partial charge in [-0.3, -0.25) is 4.79 Å². The monoisotopic (exact) mass is 876 g/mol. The fourth-order valence-corrected chi connectivity index (χ4v) is 8.75. The predicted octanol–water partition coefficient (Wildman–Crippen LogP) is 15.9. The molecule has 0 aromatic rings. The highest BCUT2D eigenvalue weighted by Gasteiger charge is 2.28. The number of hydrogen-bond acceptors (Lipinski definition) is 5. The van der Waals surface area contributed by atoms with Crippen molar-refractivity contribution in [3.63, 3.8) is 0 Å². The van der Waals surface area contributed by atoms with E-state index in [1.165, 1.54) is 231 Å². The highest BCUT2D eigenvalue weighted by molar-refractivity contribution is 5.80. The maximum absolute atomic E-state index is 12.6. The number of nitrogens with one attached hydrogen (secondary N) is 1. The second-order valence-electron chi connectivity index (χ2n) is 19.3. The zero-order valence-electron chi connectivity index (χ0n) is 41.6. The molecule has 0 aliphatic carbocycles. The number of rotatable bonds is 51. The molecule has 0 heterocycles. The normalized spacial score (nSPS) is 14.0. The number of amides is 1. The topological polar surface area (TPSA) is 110 Å². The maximum Gasteiger partial charge on any atom is 0.249 e. The Kier molecular flexibility index (Phi) is 49.8. The molecule has 0 rings (SSSR count). The van der Waals surface area contributed by atoms with E-state index >= 15 is 0 Å². The van der Waals surface area contributed by atoms with Crippen LogP contribution < -0.4 is 5.32 Å². The third kappa shape index (κ3) is 44.0. The summed E-state index contributed by atoms with van der Waals surface area (Å²) in [5.74, 6) is -0.590. The average molecular weight is 876 g/mol. The summed E-state index contributed by atoms with van der Waals surface area (Å²) in [6.45, 7) is 4.07. The van der Waals surface area contributed by atoms with Gasteiger partial charge in [0, 0.05) is 0 Å². The van der Waals surface area contributed by atoms with Crippen molar-refractivity contribution >= 4 is 5.91 Å². The van der Waals surface area contributed by atoms with Gasteiger partial charge in [-0.2, -0.15) is 0 Å². The van der Waals surface area contributed by atoms with Crippen LogP contribution in [0.3, 0.4) is 0 Å².